The lowest BCUT2D eigenvalue weighted by molar-refractivity contribution is -0.248. The van der Waals surface area contributed by atoms with Gasteiger partial charge in [0.25, 0.3) is 5.76 Å². The molecule has 0 saturated heterocycles. The van der Waals surface area contributed by atoms with Gasteiger partial charge >= 0.3 is 30.4 Å². The molecule has 4 aliphatic carbocycles. The number of carboxylic acids is 2. The Morgan fingerprint density at radius 2 is 1.66 bits per heavy atom. The van der Waals surface area contributed by atoms with E-state index in [2.05, 4.69) is 24.1 Å². The molecule has 6 aliphatic rings. The van der Waals surface area contributed by atoms with E-state index in [1.54, 1.807) is 30.3 Å². The second kappa shape index (κ2) is 23.2. The minimum Gasteiger partial charge on any atom is -0.503 e. The Bertz CT molecular complexity index is 3620. The number of aliphatic hydroxyl groups excluding tert-OH is 3. The maximum atomic E-state index is 13.8. The first-order chi connectivity index (χ1) is 40.6. The quantitative estimate of drug-likeness (QED) is 0.0330. The molecule has 4 fully saturated rings. The number of aromatic carboxylic acids is 1. The largest absolute Gasteiger partial charge is 0.503 e. The summed E-state index contributed by atoms with van der Waals surface area (Å²) in [5.41, 5.74) is 10.5. The van der Waals surface area contributed by atoms with Gasteiger partial charge in [0.05, 0.1) is 47.5 Å². The van der Waals surface area contributed by atoms with Crippen LogP contribution in [0.3, 0.4) is 0 Å². The average molecular weight is 1190 g/mol. The first kappa shape index (κ1) is 58.3. The summed E-state index contributed by atoms with van der Waals surface area (Å²) in [6.45, 7) is 8.81. The van der Waals surface area contributed by atoms with Crippen LogP contribution in [0.5, 0.6) is 11.5 Å². The number of nitrogens with two attached hydrogens (primary N) is 1. The second-order valence-corrected chi connectivity index (χ2v) is 24.7. The third-order valence-corrected chi connectivity index (χ3v) is 17.7. The molecule has 3 amide bonds. The number of rotatable bonds is 21. The standard InChI is InChI=1S/C61H68N8O15S/c1-35-41(40-15-16-42(64-47(40)52(73)74)37-12-11-36-8-7-18-68(44(36)24-37)56(77)66-55-65-43-9-5-6-10-46(43)85-55)26-63-69(35)34-60-29-58(2)28-59(3,30-60)32-61(31-58,33-60)82-21-19-67(4)57(78)81-27-38-13-14-39(80-23-22-79-20-17-62)25-45(38)83-54-50(72)48(70)49(71)51(84-54)53(75)76/h5-6,9-16,24-26,54,70-72H,7-8,17-23,27-34,62H2,1-4H3,(H,73,74)(H,75,76)(H,65,66,77)/t54-,58-,59?,60?,61?/m0/s1. The minimum atomic E-state index is -1.91. The summed E-state index contributed by atoms with van der Waals surface area (Å²) in [5.74, 6) is -7.10. The van der Waals surface area contributed by atoms with Crippen molar-refractivity contribution in [3.05, 3.63) is 125 Å². The van der Waals surface area contributed by atoms with E-state index in [9.17, 15) is 44.7 Å². The van der Waals surface area contributed by atoms with Crippen molar-refractivity contribution in [1.82, 2.24) is 24.6 Å². The highest BCUT2D eigenvalue weighted by Gasteiger charge is 2.66. The van der Waals surface area contributed by atoms with E-state index in [0.29, 0.717) is 53.8 Å². The lowest BCUT2D eigenvalue weighted by atomic mass is 9.39. The molecule has 4 bridgehead atoms. The first-order valence-electron chi connectivity index (χ1n) is 28.2. The molecule has 6 aromatic rings. The number of thiazole rings is 1. The van der Waals surface area contributed by atoms with Crippen molar-refractivity contribution in [2.75, 3.05) is 63.3 Å². The highest BCUT2D eigenvalue weighted by Crippen LogP contribution is 2.72. The molecule has 3 unspecified atom stereocenters. The van der Waals surface area contributed by atoms with Gasteiger partial charge in [-0.05, 0) is 123 Å². The predicted molar refractivity (Wildman–Crippen MR) is 312 cm³/mol. The lowest BCUT2D eigenvalue weighted by Crippen LogP contribution is -2.64. The van der Waals surface area contributed by atoms with Gasteiger partial charge in [0.15, 0.2) is 10.8 Å². The normalized spacial score (nSPS) is 23.2. The molecule has 12 rings (SSSR count). The molecule has 24 heteroatoms. The van der Waals surface area contributed by atoms with Crippen molar-refractivity contribution in [2.45, 2.75) is 97.2 Å². The van der Waals surface area contributed by atoms with Crippen LogP contribution in [-0.2, 0) is 43.3 Å². The van der Waals surface area contributed by atoms with Gasteiger partial charge in [0.1, 0.15) is 24.7 Å². The Morgan fingerprint density at radius 3 is 2.41 bits per heavy atom. The van der Waals surface area contributed by atoms with Crippen LogP contribution in [0.2, 0.25) is 0 Å². The van der Waals surface area contributed by atoms with Crippen molar-refractivity contribution in [3.8, 4) is 33.9 Å². The number of amides is 3. The third-order valence-electron chi connectivity index (χ3n) is 16.7. The monoisotopic (exact) mass is 1180 g/mol. The number of aryl methyl sites for hydroxylation is 1. The maximum absolute atomic E-state index is 13.8. The van der Waals surface area contributed by atoms with E-state index in [1.807, 2.05) is 60.1 Å². The number of fused-ring (bicyclic) bond motifs is 2. The number of likely N-dealkylation sites (N-methyl/N-ethyl adjacent to an activating group) is 1. The van der Waals surface area contributed by atoms with Gasteiger partial charge in [-0.1, -0.05) is 49.4 Å². The minimum absolute atomic E-state index is 0.0269. The summed E-state index contributed by atoms with van der Waals surface area (Å²) in [5, 5.41) is 59.6. The zero-order valence-corrected chi connectivity index (χ0v) is 48.4. The van der Waals surface area contributed by atoms with Gasteiger partial charge in [-0.3, -0.25) is 14.9 Å². The van der Waals surface area contributed by atoms with Crippen LogP contribution in [0.25, 0.3) is 32.6 Å². The SMILES string of the molecule is Cc1c(-c2ccc(-c3ccc4c(c3)N(C(=O)Nc3nc5ccccc5s3)CCC4)nc2C(=O)O)cnn1CC12CC3(C)CC(OCCN(C)C(=O)OCc4ccc(OCCOCCN)cc4O[C@H]4OC(C(=O)O)=C(O)C(O)=C4O)(C1)C[C@@](C)(C3)C2. The highest BCUT2D eigenvalue weighted by atomic mass is 32.1. The first-order valence-corrected chi connectivity index (χ1v) is 29.0. The maximum Gasteiger partial charge on any atom is 0.409 e. The molecule has 0 radical (unpaired) electrons. The van der Waals surface area contributed by atoms with Crippen molar-refractivity contribution in [1.29, 1.82) is 0 Å². The number of para-hydroxylation sites is 1. The van der Waals surface area contributed by atoms with Crippen LogP contribution >= 0.6 is 11.3 Å². The smallest absolute Gasteiger partial charge is 0.409 e. The number of nitrogens with zero attached hydrogens (tertiary/aromatic N) is 6. The number of carbonyl (C=O) groups is 4. The van der Waals surface area contributed by atoms with Crippen LogP contribution < -0.4 is 25.4 Å². The summed E-state index contributed by atoms with van der Waals surface area (Å²) in [7, 11) is 1.59. The van der Waals surface area contributed by atoms with Crippen molar-refractivity contribution in [3.63, 3.8) is 0 Å². The number of carboxylic acid groups (broad SMARTS) is 2. The zero-order chi connectivity index (χ0) is 60.0. The summed E-state index contributed by atoms with van der Waals surface area (Å²) in [6.07, 6.45) is 6.17. The Balaban J connectivity index is 0.749. The summed E-state index contributed by atoms with van der Waals surface area (Å²) < 4.78 is 37.8. The average Bonchev–Trinajstić information content (AvgIpc) is 0.958. The van der Waals surface area contributed by atoms with Crippen LogP contribution in [0, 0.1) is 23.2 Å². The number of hydrogen-bond acceptors (Lipinski definition) is 18. The number of aliphatic carboxylic acids is 1. The fourth-order valence-electron chi connectivity index (χ4n) is 14.3. The van der Waals surface area contributed by atoms with Gasteiger partial charge < -0.3 is 64.6 Å². The van der Waals surface area contributed by atoms with E-state index in [1.165, 1.54) is 28.4 Å². The van der Waals surface area contributed by atoms with Crippen molar-refractivity contribution >= 4 is 56.4 Å². The molecule has 448 valence electrons. The third kappa shape index (κ3) is 12.0. The molecule has 0 spiro atoms. The van der Waals surface area contributed by atoms with Gasteiger partial charge in [-0.2, -0.15) is 5.10 Å². The van der Waals surface area contributed by atoms with E-state index >= 15 is 0 Å². The Hall–Kier alpha value is -8.45. The molecule has 5 heterocycles. The highest BCUT2D eigenvalue weighted by molar-refractivity contribution is 7.22. The molecule has 5 atom stereocenters. The number of carbonyl (C=O) groups excluding carboxylic acids is 2. The topological polar surface area (TPSA) is 313 Å². The number of ether oxygens (including phenoxy) is 6. The van der Waals surface area contributed by atoms with Gasteiger partial charge in [-0.15, -0.1) is 0 Å². The fraction of sp³-hybridized carbons (Fsp3) is 0.426. The Morgan fingerprint density at radius 1 is 0.871 bits per heavy atom. The summed E-state index contributed by atoms with van der Waals surface area (Å²) in [4.78, 5) is 64.7. The van der Waals surface area contributed by atoms with E-state index in [-0.39, 0.29) is 78.0 Å². The number of nitrogens with one attached hydrogen (secondary N) is 1. The number of anilines is 2. The molecule has 8 N–H and O–H groups in total. The van der Waals surface area contributed by atoms with Crippen LogP contribution in [0.1, 0.15) is 86.1 Å². The number of aromatic nitrogens is 4. The zero-order valence-electron chi connectivity index (χ0n) is 47.6. The van der Waals surface area contributed by atoms with Crippen molar-refractivity contribution < 1.29 is 73.1 Å². The fourth-order valence-corrected chi connectivity index (χ4v) is 15.1. The molecule has 3 aromatic heterocycles. The molecule has 2 aliphatic heterocycles. The molecule has 3 aromatic carbocycles. The van der Waals surface area contributed by atoms with E-state index in [0.717, 1.165) is 78.5 Å². The molecular weight excluding hydrogens is 1120 g/mol. The van der Waals surface area contributed by atoms with Crippen LogP contribution in [0.4, 0.5) is 20.4 Å². The second-order valence-electron chi connectivity index (χ2n) is 23.7. The lowest BCUT2D eigenvalue weighted by Gasteiger charge is -2.69. The van der Waals surface area contributed by atoms with Crippen LogP contribution in [0.15, 0.2) is 102 Å². The number of benzene rings is 3. The molecule has 23 nitrogen and oxygen atoms in total. The Labute approximate surface area is 493 Å². The number of urea groups is 1. The summed E-state index contributed by atoms with van der Waals surface area (Å²) >= 11 is 1.41. The van der Waals surface area contributed by atoms with Gasteiger partial charge in [0, 0.05) is 72.9 Å². The molecule has 85 heavy (non-hydrogen) atoms. The Kier molecular flexibility index (Phi) is 15.9. The van der Waals surface area contributed by atoms with E-state index < -0.39 is 53.0 Å². The van der Waals surface area contributed by atoms with Gasteiger partial charge in [-0.25, -0.2) is 29.1 Å². The molecule has 4 saturated carbocycles. The predicted octanol–water partition coefficient (Wildman–Crippen LogP) is 9.89. The molecular formula is C61H68N8O15S. The number of hydrogen-bond donors (Lipinski definition) is 7. The van der Waals surface area contributed by atoms with Crippen molar-refractivity contribution in [2.24, 2.45) is 22.0 Å². The van der Waals surface area contributed by atoms with E-state index in [4.69, 9.17) is 44.2 Å². The number of pyridine rings is 1. The number of aliphatic hydroxyl groups is 3. The van der Waals surface area contributed by atoms with Crippen LogP contribution in [-0.4, -0.2) is 139 Å². The summed E-state index contributed by atoms with van der Waals surface area (Å²) in [6, 6.07) is 21.4. The van der Waals surface area contributed by atoms with Gasteiger partial charge in [0.2, 0.25) is 17.3 Å².